The number of hydrogen-bond acceptors (Lipinski definition) is 2. The molecule has 0 radical (unpaired) electrons. The van der Waals surface area contributed by atoms with Crippen LogP contribution in [-0.4, -0.2) is 36.1 Å². The number of rotatable bonds is 1. The third-order valence-corrected chi connectivity index (χ3v) is 3.73. The Labute approximate surface area is 88.1 Å². The normalized spacial score (nSPS) is 36.4. The van der Waals surface area contributed by atoms with Crippen LogP contribution >= 0.6 is 0 Å². The van der Waals surface area contributed by atoms with Gasteiger partial charge in [0.1, 0.15) is 0 Å². The Morgan fingerprint density at radius 1 is 1.21 bits per heavy atom. The van der Waals surface area contributed by atoms with E-state index < -0.39 is 0 Å². The minimum atomic E-state index is 0.301. The molecule has 2 heteroatoms. The van der Waals surface area contributed by atoms with Gasteiger partial charge in [0.15, 0.2) is 0 Å². The zero-order valence-electron chi connectivity index (χ0n) is 10.1. The molecule has 82 valence electrons. The van der Waals surface area contributed by atoms with Crippen LogP contribution in [0.5, 0.6) is 0 Å². The molecule has 1 aliphatic heterocycles. The van der Waals surface area contributed by atoms with Crippen molar-refractivity contribution in [3.8, 4) is 0 Å². The number of nitrogens with zero attached hydrogens (tertiary/aromatic N) is 1. The second-order valence-electron chi connectivity index (χ2n) is 6.34. The van der Waals surface area contributed by atoms with E-state index in [0.29, 0.717) is 11.0 Å². The van der Waals surface area contributed by atoms with E-state index in [1.54, 1.807) is 0 Å². The van der Waals surface area contributed by atoms with E-state index in [0.717, 1.165) is 6.04 Å². The van der Waals surface area contributed by atoms with Gasteiger partial charge in [0.25, 0.3) is 0 Å². The molecule has 0 bridgehead atoms. The van der Waals surface area contributed by atoms with Crippen molar-refractivity contribution in [1.29, 1.82) is 0 Å². The molecule has 1 aliphatic carbocycles. The summed E-state index contributed by atoms with van der Waals surface area (Å²) in [7, 11) is 0. The molecule has 1 saturated carbocycles. The molecule has 0 amide bonds. The molecule has 2 aliphatic rings. The predicted octanol–water partition coefficient (Wildman–Crippen LogP) is 1.86. The minimum Gasteiger partial charge on any atom is -0.310 e. The SMILES string of the molecule is CC1(C)CN(C2CC2(C)C)CCCN1. The summed E-state index contributed by atoms with van der Waals surface area (Å²) in [5.74, 6) is 0. The standard InChI is InChI=1S/C12H24N2/c1-11(2)8-10(11)14-7-5-6-13-12(3,4)9-14/h10,13H,5-9H2,1-4H3. The van der Waals surface area contributed by atoms with Crippen molar-refractivity contribution in [2.75, 3.05) is 19.6 Å². The van der Waals surface area contributed by atoms with E-state index in [1.165, 1.54) is 32.5 Å². The summed E-state index contributed by atoms with van der Waals surface area (Å²) in [5, 5.41) is 3.62. The molecule has 0 aromatic heterocycles. The van der Waals surface area contributed by atoms with E-state index in [1.807, 2.05) is 0 Å². The Balaban J connectivity index is 1.98. The molecule has 0 aromatic carbocycles. The molecule has 0 spiro atoms. The van der Waals surface area contributed by atoms with Crippen molar-refractivity contribution < 1.29 is 0 Å². The highest BCUT2D eigenvalue weighted by atomic mass is 15.2. The minimum absolute atomic E-state index is 0.301. The molecule has 14 heavy (non-hydrogen) atoms. The van der Waals surface area contributed by atoms with Crippen LogP contribution in [0.15, 0.2) is 0 Å². The summed E-state index contributed by atoms with van der Waals surface area (Å²) in [6, 6.07) is 0.849. The summed E-state index contributed by atoms with van der Waals surface area (Å²) in [5.41, 5.74) is 0.885. The van der Waals surface area contributed by atoms with E-state index >= 15 is 0 Å². The molecule has 1 N–H and O–H groups in total. The van der Waals surface area contributed by atoms with Gasteiger partial charge in [-0.1, -0.05) is 13.8 Å². The quantitative estimate of drug-likeness (QED) is 0.688. The fraction of sp³-hybridized carbons (Fsp3) is 1.00. The van der Waals surface area contributed by atoms with Crippen LogP contribution in [0.1, 0.15) is 40.5 Å². The Morgan fingerprint density at radius 3 is 2.43 bits per heavy atom. The van der Waals surface area contributed by atoms with Gasteiger partial charge in [0.05, 0.1) is 0 Å². The summed E-state index contributed by atoms with van der Waals surface area (Å²) in [6.07, 6.45) is 2.69. The number of hydrogen-bond donors (Lipinski definition) is 1. The maximum absolute atomic E-state index is 3.62. The molecule has 1 unspecified atom stereocenters. The fourth-order valence-electron chi connectivity index (χ4n) is 2.68. The highest BCUT2D eigenvalue weighted by Gasteiger charge is 2.50. The van der Waals surface area contributed by atoms with E-state index in [2.05, 4.69) is 37.9 Å². The zero-order valence-corrected chi connectivity index (χ0v) is 10.1. The fourth-order valence-corrected chi connectivity index (χ4v) is 2.68. The molecule has 2 fully saturated rings. The second-order valence-corrected chi connectivity index (χ2v) is 6.34. The van der Waals surface area contributed by atoms with Crippen molar-refractivity contribution >= 4 is 0 Å². The van der Waals surface area contributed by atoms with Crippen LogP contribution in [0.4, 0.5) is 0 Å². The molecule has 0 aromatic rings. The van der Waals surface area contributed by atoms with Crippen LogP contribution in [0.25, 0.3) is 0 Å². The van der Waals surface area contributed by atoms with E-state index in [9.17, 15) is 0 Å². The first kappa shape index (κ1) is 10.4. The Bertz CT molecular complexity index is 220. The monoisotopic (exact) mass is 196 g/mol. The molecule has 1 saturated heterocycles. The first-order chi connectivity index (χ1) is 6.41. The topological polar surface area (TPSA) is 15.3 Å². The van der Waals surface area contributed by atoms with E-state index in [4.69, 9.17) is 0 Å². The highest BCUT2D eigenvalue weighted by Crippen LogP contribution is 2.48. The Kier molecular flexibility index (Phi) is 2.39. The lowest BCUT2D eigenvalue weighted by Crippen LogP contribution is -2.47. The van der Waals surface area contributed by atoms with Gasteiger partial charge in [-0.25, -0.2) is 0 Å². The van der Waals surface area contributed by atoms with Gasteiger partial charge in [-0.15, -0.1) is 0 Å². The Morgan fingerprint density at radius 2 is 1.86 bits per heavy atom. The van der Waals surface area contributed by atoms with Crippen molar-refractivity contribution in [1.82, 2.24) is 10.2 Å². The molecule has 2 nitrogen and oxygen atoms in total. The van der Waals surface area contributed by atoms with Crippen LogP contribution < -0.4 is 5.32 Å². The van der Waals surface area contributed by atoms with Gasteiger partial charge < -0.3 is 5.32 Å². The van der Waals surface area contributed by atoms with Gasteiger partial charge in [0, 0.05) is 18.1 Å². The molecule has 1 atom stereocenters. The lowest BCUT2D eigenvalue weighted by Gasteiger charge is -2.31. The average Bonchev–Trinajstić information content (AvgIpc) is 2.69. The second kappa shape index (κ2) is 3.21. The van der Waals surface area contributed by atoms with Crippen molar-refractivity contribution in [2.45, 2.75) is 52.1 Å². The summed E-state index contributed by atoms with van der Waals surface area (Å²) in [6.45, 7) is 13.1. The Hall–Kier alpha value is -0.0800. The van der Waals surface area contributed by atoms with Crippen molar-refractivity contribution in [2.24, 2.45) is 5.41 Å². The largest absolute Gasteiger partial charge is 0.310 e. The average molecular weight is 196 g/mol. The lowest BCUT2D eigenvalue weighted by atomic mass is 10.1. The smallest absolute Gasteiger partial charge is 0.0252 e. The maximum atomic E-state index is 3.62. The van der Waals surface area contributed by atoms with Gasteiger partial charge in [0.2, 0.25) is 0 Å². The third-order valence-electron chi connectivity index (χ3n) is 3.73. The highest BCUT2D eigenvalue weighted by molar-refractivity contribution is 5.04. The first-order valence-electron chi connectivity index (χ1n) is 5.90. The summed E-state index contributed by atoms with van der Waals surface area (Å²) >= 11 is 0. The van der Waals surface area contributed by atoms with Gasteiger partial charge in [-0.2, -0.15) is 0 Å². The molecule has 1 heterocycles. The predicted molar refractivity (Wildman–Crippen MR) is 60.5 cm³/mol. The van der Waals surface area contributed by atoms with Crippen molar-refractivity contribution in [3.05, 3.63) is 0 Å². The lowest BCUT2D eigenvalue weighted by molar-refractivity contribution is 0.202. The van der Waals surface area contributed by atoms with Gasteiger partial charge in [-0.3, -0.25) is 4.90 Å². The van der Waals surface area contributed by atoms with Crippen LogP contribution in [0, 0.1) is 5.41 Å². The van der Waals surface area contributed by atoms with Crippen molar-refractivity contribution in [3.63, 3.8) is 0 Å². The zero-order chi connectivity index (χ0) is 10.4. The van der Waals surface area contributed by atoms with Crippen LogP contribution in [0.3, 0.4) is 0 Å². The molecular formula is C12H24N2. The maximum Gasteiger partial charge on any atom is 0.0252 e. The third kappa shape index (κ3) is 2.12. The summed E-state index contributed by atoms with van der Waals surface area (Å²) < 4.78 is 0. The van der Waals surface area contributed by atoms with Gasteiger partial charge >= 0.3 is 0 Å². The van der Waals surface area contributed by atoms with E-state index in [-0.39, 0.29) is 0 Å². The van der Waals surface area contributed by atoms with Crippen LogP contribution in [-0.2, 0) is 0 Å². The molecular weight excluding hydrogens is 172 g/mol. The first-order valence-corrected chi connectivity index (χ1v) is 5.90. The van der Waals surface area contributed by atoms with Crippen LogP contribution in [0.2, 0.25) is 0 Å². The number of nitrogens with one attached hydrogen (secondary N) is 1. The molecule has 2 rings (SSSR count). The van der Waals surface area contributed by atoms with Gasteiger partial charge in [-0.05, 0) is 45.2 Å². The summed E-state index contributed by atoms with van der Waals surface area (Å²) in [4.78, 5) is 2.69.